The van der Waals surface area contributed by atoms with Gasteiger partial charge in [0.15, 0.2) is 5.75 Å². The van der Waals surface area contributed by atoms with E-state index < -0.39 is 28.0 Å². The summed E-state index contributed by atoms with van der Waals surface area (Å²) >= 11 is 5.93. The number of esters is 1. The summed E-state index contributed by atoms with van der Waals surface area (Å²) in [6.07, 6.45) is 0.629. The predicted octanol–water partition coefficient (Wildman–Crippen LogP) is 1.37. The number of ether oxygens (including phenoxy) is 2. The second-order valence-electron chi connectivity index (χ2n) is 5.09. The Balaban J connectivity index is 2.64. The molecule has 0 unspecified atom stereocenters. The number of halogens is 1. The van der Waals surface area contributed by atoms with Crippen molar-refractivity contribution in [2.45, 2.75) is 23.8 Å². The fourth-order valence-electron chi connectivity index (χ4n) is 2.63. The molecule has 0 saturated carbocycles. The second-order valence-corrected chi connectivity index (χ2v) is 7.38. The van der Waals surface area contributed by atoms with E-state index in [1.807, 2.05) is 0 Å². The summed E-state index contributed by atoms with van der Waals surface area (Å²) in [6.45, 7) is 0.0581. The largest absolute Gasteiger partial charge is 0.494 e. The molecule has 1 aromatic carbocycles. The summed E-state index contributed by atoms with van der Waals surface area (Å²) in [6, 6.07) is 1.18. The number of benzene rings is 1. The minimum atomic E-state index is -4.23. The first-order valence-corrected chi connectivity index (χ1v) is 8.76. The van der Waals surface area contributed by atoms with Crippen LogP contribution in [0.15, 0.2) is 17.0 Å². The van der Waals surface area contributed by atoms with Crippen LogP contribution in [0.2, 0.25) is 5.02 Å². The molecule has 1 saturated heterocycles. The van der Waals surface area contributed by atoms with Gasteiger partial charge in [-0.1, -0.05) is 11.6 Å². The van der Waals surface area contributed by atoms with Gasteiger partial charge >= 0.3 is 11.9 Å². The molecule has 0 radical (unpaired) electrons. The molecule has 1 aliphatic heterocycles. The molecule has 2 rings (SSSR count). The first-order valence-electron chi connectivity index (χ1n) is 6.94. The fourth-order valence-corrected chi connectivity index (χ4v) is 4.77. The maximum absolute atomic E-state index is 12.9. The highest BCUT2D eigenvalue weighted by Gasteiger charge is 2.41. The van der Waals surface area contributed by atoms with Gasteiger partial charge in [0, 0.05) is 11.6 Å². The SMILES string of the molecule is COC(=O)c1cc(Cl)cc(S(=O)(=O)N2CCC[C@H]2C(=O)O)c1OC. The number of carboxylic acid groups (broad SMARTS) is 1. The monoisotopic (exact) mass is 377 g/mol. The highest BCUT2D eigenvalue weighted by atomic mass is 35.5. The van der Waals surface area contributed by atoms with Gasteiger partial charge < -0.3 is 14.6 Å². The van der Waals surface area contributed by atoms with Gasteiger partial charge in [-0.05, 0) is 25.0 Å². The maximum Gasteiger partial charge on any atom is 0.341 e. The van der Waals surface area contributed by atoms with Crippen molar-refractivity contribution in [2.75, 3.05) is 20.8 Å². The zero-order chi connectivity index (χ0) is 18.1. The molecular formula is C14H16ClNO7S. The first kappa shape index (κ1) is 18.5. The summed E-state index contributed by atoms with van der Waals surface area (Å²) in [5.74, 6) is -2.28. The smallest absolute Gasteiger partial charge is 0.341 e. The fraction of sp³-hybridized carbons (Fsp3) is 0.429. The molecule has 132 valence electrons. The third kappa shape index (κ3) is 3.19. The highest BCUT2D eigenvalue weighted by molar-refractivity contribution is 7.89. The Morgan fingerprint density at radius 1 is 1.33 bits per heavy atom. The summed E-state index contributed by atoms with van der Waals surface area (Å²) in [7, 11) is -1.89. The van der Waals surface area contributed by atoms with E-state index in [1.54, 1.807) is 0 Å². The maximum atomic E-state index is 12.9. The van der Waals surface area contributed by atoms with E-state index in [0.29, 0.717) is 6.42 Å². The lowest BCUT2D eigenvalue weighted by atomic mass is 10.2. The van der Waals surface area contributed by atoms with Crippen molar-refractivity contribution >= 4 is 33.6 Å². The Labute approximate surface area is 144 Å². The van der Waals surface area contributed by atoms with Gasteiger partial charge in [0.25, 0.3) is 0 Å². The third-order valence-electron chi connectivity index (χ3n) is 3.70. The van der Waals surface area contributed by atoms with E-state index in [4.69, 9.17) is 16.3 Å². The van der Waals surface area contributed by atoms with Crippen LogP contribution in [-0.2, 0) is 19.6 Å². The minimum Gasteiger partial charge on any atom is -0.494 e. The quantitative estimate of drug-likeness (QED) is 0.771. The van der Waals surface area contributed by atoms with E-state index >= 15 is 0 Å². The zero-order valence-corrected chi connectivity index (χ0v) is 14.6. The van der Waals surface area contributed by atoms with Gasteiger partial charge in [-0.25, -0.2) is 13.2 Å². The summed E-state index contributed by atoms with van der Waals surface area (Å²) in [5.41, 5.74) is -0.155. The molecule has 0 amide bonds. The van der Waals surface area contributed by atoms with Crippen molar-refractivity contribution in [3.63, 3.8) is 0 Å². The summed E-state index contributed by atoms with van der Waals surface area (Å²) in [4.78, 5) is 22.8. The normalized spacial score (nSPS) is 18.4. The lowest BCUT2D eigenvalue weighted by Crippen LogP contribution is -2.40. The Hall–Kier alpha value is -1.84. The standard InChI is InChI=1S/C14H16ClNO7S/c1-22-12-9(14(19)23-2)6-8(15)7-11(12)24(20,21)16-5-3-4-10(16)13(17)18/h6-7,10H,3-5H2,1-2H3,(H,17,18)/t10-/m0/s1. The number of aliphatic carboxylic acids is 1. The lowest BCUT2D eigenvalue weighted by molar-refractivity contribution is -0.140. The van der Waals surface area contributed by atoms with Crippen LogP contribution in [0.4, 0.5) is 0 Å². The lowest BCUT2D eigenvalue weighted by Gasteiger charge is -2.23. The number of rotatable bonds is 5. The van der Waals surface area contributed by atoms with Crippen LogP contribution in [0.5, 0.6) is 5.75 Å². The van der Waals surface area contributed by atoms with Crippen molar-refractivity contribution in [1.82, 2.24) is 4.31 Å². The molecule has 24 heavy (non-hydrogen) atoms. The van der Waals surface area contributed by atoms with Crippen molar-refractivity contribution in [1.29, 1.82) is 0 Å². The average molecular weight is 378 g/mol. The number of carbonyl (C=O) groups is 2. The molecule has 8 nitrogen and oxygen atoms in total. The van der Waals surface area contributed by atoms with Gasteiger partial charge in [-0.3, -0.25) is 4.79 Å². The van der Waals surface area contributed by atoms with Crippen LogP contribution in [0, 0.1) is 0 Å². The molecule has 1 heterocycles. The summed E-state index contributed by atoms with van der Waals surface area (Å²) < 4.78 is 36.4. The first-order chi connectivity index (χ1) is 11.2. The molecule has 1 fully saturated rings. The van der Waals surface area contributed by atoms with Crippen LogP contribution in [0.25, 0.3) is 0 Å². The Morgan fingerprint density at radius 2 is 2.00 bits per heavy atom. The number of methoxy groups -OCH3 is 2. The topological polar surface area (TPSA) is 110 Å². The molecule has 1 aliphatic rings. The van der Waals surface area contributed by atoms with Crippen molar-refractivity contribution in [3.05, 3.63) is 22.7 Å². The molecule has 1 N–H and O–H groups in total. The molecule has 0 bridgehead atoms. The molecule has 0 spiro atoms. The number of carbonyl (C=O) groups excluding carboxylic acids is 1. The molecule has 0 aromatic heterocycles. The minimum absolute atomic E-state index is 0.0131. The average Bonchev–Trinajstić information content (AvgIpc) is 3.04. The van der Waals surface area contributed by atoms with Gasteiger partial charge in [0.2, 0.25) is 10.0 Å². The van der Waals surface area contributed by atoms with Gasteiger partial charge in [0.05, 0.1) is 14.2 Å². The van der Waals surface area contributed by atoms with Crippen LogP contribution < -0.4 is 4.74 Å². The summed E-state index contributed by atoms with van der Waals surface area (Å²) in [5, 5.41) is 9.21. The Morgan fingerprint density at radius 3 is 2.54 bits per heavy atom. The number of carboxylic acids is 1. The Kier molecular flexibility index (Phi) is 5.36. The van der Waals surface area contributed by atoms with E-state index in [9.17, 15) is 23.1 Å². The van der Waals surface area contributed by atoms with Crippen LogP contribution in [0.1, 0.15) is 23.2 Å². The van der Waals surface area contributed by atoms with Crippen LogP contribution in [0.3, 0.4) is 0 Å². The molecule has 10 heteroatoms. The van der Waals surface area contributed by atoms with Crippen molar-refractivity contribution < 1.29 is 32.6 Å². The van der Waals surface area contributed by atoms with E-state index in [2.05, 4.69) is 4.74 Å². The second kappa shape index (κ2) is 6.96. The highest BCUT2D eigenvalue weighted by Crippen LogP contribution is 2.36. The Bertz CT molecular complexity index is 778. The van der Waals surface area contributed by atoms with Gasteiger partial charge in [0.1, 0.15) is 16.5 Å². The third-order valence-corrected chi connectivity index (χ3v) is 5.84. The zero-order valence-electron chi connectivity index (χ0n) is 13.0. The number of hydrogen-bond acceptors (Lipinski definition) is 6. The van der Waals surface area contributed by atoms with Gasteiger partial charge in [-0.15, -0.1) is 0 Å². The predicted molar refractivity (Wildman–Crippen MR) is 83.9 cm³/mol. The van der Waals surface area contributed by atoms with Crippen molar-refractivity contribution in [3.8, 4) is 5.75 Å². The number of hydrogen-bond donors (Lipinski definition) is 1. The van der Waals surface area contributed by atoms with E-state index in [1.165, 1.54) is 13.2 Å². The van der Waals surface area contributed by atoms with Crippen LogP contribution >= 0.6 is 11.6 Å². The van der Waals surface area contributed by atoms with Crippen LogP contribution in [-0.4, -0.2) is 56.6 Å². The number of nitrogens with zero attached hydrogens (tertiary/aromatic N) is 1. The van der Waals surface area contributed by atoms with E-state index in [0.717, 1.165) is 17.5 Å². The number of sulfonamides is 1. The van der Waals surface area contributed by atoms with Crippen molar-refractivity contribution in [2.24, 2.45) is 0 Å². The molecule has 0 aliphatic carbocycles. The van der Waals surface area contributed by atoms with E-state index in [-0.39, 0.29) is 34.2 Å². The molecular weight excluding hydrogens is 362 g/mol. The van der Waals surface area contributed by atoms with Gasteiger partial charge in [-0.2, -0.15) is 4.31 Å². The molecule has 1 atom stereocenters. The molecule has 1 aromatic rings.